The van der Waals surface area contributed by atoms with Crippen LogP contribution in [0.3, 0.4) is 0 Å². The molecule has 0 spiro atoms. The van der Waals surface area contributed by atoms with Crippen LogP contribution in [0.15, 0.2) is 212 Å². The van der Waals surface area contributed by atoms with Gasteiger partial charge in [-0.1, -0.05) is 151 Å². The molecule has 0 saturated carbocycles. The molecule has 0 aliphatic heterocycles. The molecule has 9 aromatic carbocycles. The number of rotatable bonds is 5. The number of para-hydroxylation sites is 8. The van der Waals surface area contributed by atoms with Crippen molar-refractivity contribution in [2.24, 2.45) is 0 Å². The van der Waals surface area contributed by atoms with Gasteiger partial charge in [-0.2, -0.15) is 15.0 Å². The average molecular weight is 834 g/mol. The highest BCUT2D eigenvalue weighted by Crippen LogP contribution is 2.42. The maximum absolute atomic E-state index is 9.56. The molecule has 0 amide bonds. The van der Waals surface area contributed by atoms with Crippen molar-refractivity contribution < 1.29 is 21.9 Å². The van der Waals surface area contributed by atoms with Crippen LogP contribution in [0.2, 0.25) is 0 Å². The molecule has 14 aromatic rings. The number of hydrogen-bond acceptors (Lipinski definition) is 3. The van der Waals surface area contributed by atoms with E-state index in [1.165, 1.54) is 9.13 Å². The molecule has 0 atom stereocenters. The third-order valence-corrected chi connectivity index (χ3v) is 12.0. The molecule has 7 heteroatoms. The highest BCUT2D eigenvalue weighted by atomic mass is 15.3. The van der Waals surface area contributed by atoms with Gasteiger partial charge in [-0.05, 0) is 60.6 Å². The third-order valence-electron chi connectivity index (χ3n) is 12.0. The summed E-state index contributed by atoms with van der Waals surface area (Å²) < 4.78 is 152. The summed E-state index contributed by atoms with van der Waals surface area (Å²) in [5.41, 5.74) is 2.24. The van der Waals surface area contributed by atoms with Crippen LogP contribution in [0.1, 0.15) is 21.9 Å². The zero-order chi connectivity index (χ0) is 55.8. The van der Waals surface area contributed by atoms with Gasteiger partial charge in [0.1, 0.15) is 0 Å². The van der Waals surface area contributed by atoms with Crippen molar-refractivity contribution in [3.63, 3.8) is 0 Å². The van der Waals surface area contributed by atoms with Crippen molar-refractivity contribution in [2.45, 2.75) is 0 Å². The summed E-state index contributed by atoms with van der Waals surface area (Å²) in [4.78, 5) is 15.8. The maximum Gasteiger partial charge on any atom is 0.240 e. The standard InChI is InChI=1S/C57H35N7/c1-9-26-44-36(18-1)37-19-2-10-27-45(37)61(44)52-34-17-35-53(62-46-28-11-3-20-38(46)39-21-4-12-29-47(39)62)54(52)55-58-56(63-48-30-13-5-22-40(48)41-23-6-14-31-49(41)63)60-57(59-55)64-50-32-15-7-24-42(50)43-25-8-16-33-51(43)64/h1-35H/i1D,3D,5D,7D,9D,11D,13D,15D,18D,20D,22D,24D,26D,28D,30D,32D. The van der Waals surface area contributed by atoms with Gasteiger partial charge in [-0.25, -0.2) is 0 Å². The Labute approximate surface area is 388 Å². The topological polar surface area (TPSA) is 58.4 Å². The first-order chi connectivity index (χ1) is 38.4. The highest BCUT2D eigenvalue weighted by Gasteiger charge is 2.26. The largest absolute Gasteiger partial charge is 0.308 e. The summed E-state index contributed by atoms with van der Waals surface area (Å²) in [5.74, 6) is -0.628. The van der Waals surface area contributed by atoms with Crippen LogP contribution in [-0.4, -0.2) is 33.2 Å². The van der Waals surface area contributed by atoms with Gasteiger partial charge < -0.3 is 9.13 Å². The first-order valence-corrected chi connectivity index (χ1v) is 20.3. The fraction of sp³-hybridized carbons (Fsp3) is 0. The minimum atomic E-state index is -0.543. The number of fused-ring (bicyclic) bond motifs is 12. The smallest absolute Gasteiger partial charge is 0.240 e. The van der Waals surface area contributed by atoms with Gasteiger partial charge >= 0.3 is 0 Å². The Morgan fingerprint density at radius 2 is 0.594 bits per heavy atom. The van der Waals surface area contributed by atoms with Crippen LogP contribution in [0, 0.1) is 0 Å². The van der Waals surface area contributed by atoms with Gasteiger partial charge in [0, 0.05) is 43.1 Å². The summed E-state index contributed by atoms with van der Waals surface area (Å²) in [7, 11) is 0. The SMILES string of the molecule is [2H]c1c([2H])c([2H])c2c(c1[2H])c1ccccc1n2-c1nc(-c2c(-n3c4ccccc4c4c([2H])c([2H])c([2H])c([2H])c43)cccc2-n2c3ccccc3c3c([2H])c([2H])c([2H])c([2H])c32)nc(-n2c3ccccc3c3c([2H])c([2H])c([2H])c([2H])c32)n1. The minimum absolute atomic E-state index is 0.00487. The molecule has 0 radical (unpaired) electrons. The van der Waals surface area contributed by atoms with Crippen LogP contribution in [0.5, 0.6) is 0 Å². The van der Waals surface area contributed by atoms with Crippen LogP contribution in [0.4, 0.5) is 0 Å². The summed E-state index contributed by atoms with van der Waals surface area (Å²) >= 11 is 0. The zero-order valence-corrected chi connectivity index (χ0v) is 33.1. The molecule has 7 nitrogen and oxygen atoms in total. The van der Waals surface area contributed by atoms with E-state index in [1.54, 1.807) is 124 Å². The van der Waals surface area contributed by atoms with Crippen molar-refractivity contribution >= 4 is 87.2 Å². The summed E-state index contributed by atoms with van der Waals surface area (Å²) in [5, 5.41) is 2.48. The second-order valence-electron chi connectivity index (χ2n) is 15.2. The minimum Gasteiger partial charge on any atom is -0.308 e. The van der Waals surface area contributed by atoms with E-state index in [2.05, 4.69) is 0 Å². The van der Waals surface area contributed by atoms with Crippen LogP contribution in [-0.2, 0) is 0 Å². The second kappa shape index (κ2) is 13.3. The van der Waals surface area contributed by atoms with Crippen molar-refractivity contribution in [1.82, 2.24) is 33.2 Å². The van der Waals surface area contributed by atoms with Crippen molar-refractivity contribution in [3.05, 3.63) is 212 Å². The van der Waals surface area contributed by atoms with Crippen LogP contribution in [0.25, 0.3) is 122 Å². The molecule has 0 N–H and O–H groups in total. The monoisotopic (exact) mass is 833 g/mol. The first kappa shape index (κ1) is 22.9. The third kappa shape index (κ3) is 4.83. The predicted octanol–water partition coefficient (Wildman–Crippen LogP) is 13.9. The molecule has 5 aromatic heterocycles. The average Bonchev–Trinajstić information content (AvgIpc) is 4.31. The molecule has 14 rings (SSSR count). The molecule has 0 fully saturated rings. The molecular formula is C57H35N7. The molecule has 0 unspecified atom stereocenters. The molecule has 0 aliphatic carbocycles. The van der Waals surface area contributed by atoms with Crippen molar-refractivity contribution in [1.29, 1.82) is 0 Å². The lowest BCUT2D eigenvalue weighted by molar-refractivity contribution is 0.890. The Hall–Kier alpha value is -8.81. The van der Waals surface area contributed by atoms with Crippen LogP contribution >= 0.6 is 0 Å². The normalized spacial score (nSPS) is 15.6. The van der Waals surface area contributed by atoms with Gasteiger partial charge in [0.15, 0.2) is 5.82 Å². The Balaban J connectivity index is 1.25. The van der Waals surface area contributed by atoms with Gasteiger partial charge in [0.25, 0.3) is 0 Å². The molecule has 5 heterocycles. The Bertz CT molecular complexity index is 4860. The molecule has 0 aliphatic rings. The first-order valence-electron chi connectivity index (χ1n) is 28.3. The van der Waals surface area contributed by atoms with Gasteiger partial charge in [-0.15, -0.1) is 0 Å². The Kier molecular flexibility index (Phi) is 4.77. The Morgan fingerprint density at radius 1 is 0.281 bits per heavy atom. The molecular weight excluding hydrogens is 783 g/mol. The summed E-state index contributed by atoms with van der Waals surface area (Å²) in [6.45, 7) is 0. The van der Waals surface area contributed by atoms with Gasteiger partial charge in [0.05, 0.1) is 83.0 Å². The molecule has 0 bridgehead atoms. The summed E-state index contributed by atoms with van der Waals surface area (Å²) in [6, 6.07) is 26.0. The van der Waals surface area contributed by atoms with E-state index >= 15 is 0 Å². The number of aromatic nitrogens is 7. The van der Waals surface area contributed by atoms with E-state index < -0.39 is 60.4 Å². The van der Waals surface area contributed by atoms with Crippen LogP contribution < -0.4 is 0 Å². The van der Waals surface area contributed by atoms with E-state index in [-0.39, 0.29) is 115 Å². The second-order valence-corrected chi connectivity index (χ2v) is 15.2. The van der Waals surface area contributed by atoms with E-state index in [4.69, 9.17) is 25.9 Å². The fourth-order valence-corrected chi connectivity index (χ4v) is 9.39. The fourth-order valence-electron chi connectivity index (χ4n) is 9.39. The molecule has 64 heavy (non-hydrogen) atoms. The van der Waals surface area contributed by atoms with E-state index in [1.807, 2.05) is 0 Å². The van der Waals surface area contributed by atoms with E-state index in [0.717, 1.165) is 0 Å². The molecule has 0 saturated heterocycles. The van der Waals surface area contributed by atoms with E-state index in [0.29, 0.717) is 43.6 Å². The number of hydrogen-bond donors (Lipinski definition) is 0. The van der Waals surface area contributed by atoms with Gasteiger partial charge in [0.2, 0.25) is 11.9 Å². The highest BCUT2D eigenvalue weighted by molar-refractivity contribution is 6.13. The lowest BCUT2D eigenvalue weighted by Gasteiger charge is -2.20. The van der Waals surface area contributed by atoms with Gasteiger partial charge in [-0.3, -0.25) is 9.13 Å². The predicted molar refractivity (Wildman–Crippen MR) is 263 cm³/mol. The Morgan fingerprint density at radius 3 is 0.969 bits per heavy atom. The maximum atomic E-state index is 9.56. The lowest BCUT2D eigenvalue weighted by atomic mass is 10.1. The number of benzene rings is 9. The quantitative estimate of drug-likeness (QED) is 0.174. The van der Waals surface area contributed by atoms with E-state index in [9.17, 15) is 11.0 Å². The number of nitrogens with zero attached hydrogens (tertiary/aromatic N) is 7. The lowest BCUT2D eigenvalue weighted by Crippen LogP contribution is -2.12. The zero-order valence-electron chi connectivity index (χ0n) is 49.1. The molecule has 298 valence electrons. The van der Waals surface area contributed by atoms with Crippen molar-refractivity contribution in [3.8, 4) is 34.7 Å². The van der Waals surface area contributed by atoms with Crippen molar-refractivity contribution in [2.75, 3.05) is 0 Å². The summed E-state index contributed by atoms with van der Waals surface area (Å²) in [6.07, 6.45) is 0.